The summed E-state index contributed by atoms with van der Waals surface area (Å²) in [4.78, 5) is 4.51. The number of pyridine rings is 1. The molecule has 0 radical (unpaired) electrons. The van der Waals surface area contributed by atoms with Crippen LogP contribution in [0.2, 0.25) is 0 Å². The molecule has 0 saturated heterocycles. The molecule has 0 aliphatic heterocycles. The van der Waals surface area contributed by atoms with E-state index in [4.69, 9.17) is 9.47 Å². The van der Waals surface area contributed by atoms with Gasteiger partial charge in [-0.25, -0.2) is 0 Å². The van der Waals surface area contributed by atoms with Crippen molar-refractivity contribution >= 4 is 0 Å². The summed E-state index contributed by atoms with van der Waals surface area (Å²) in [5.41, 5.74) is 3.12. The van der Waals surface area contributed by atoms with Crippen LogP contribution in [0, 0.1) is 6.92 Å². The third-order valence-corrected chi connectivity index (χ3v) is 3.40. The summed E-state index contributed by atoms with van der Waals surface area (Å²) in [7, 11) is 3.35. The molecule has 1 aromatic heterocycles. The average Bonchev–Trinajstić information content (AvgIpc) is 2.52. The molecule has 4 nitrogen and oxygen atoms in total. The Kier molecular flexibility index (Phi) is 5.17. The van der Waals surface area contributed by atoms with Crippen LogP contribution in [0.1, 0.15) is 29.9 Å². The standard InChI is InChI=1S/C17H22N2O2/c1-12-8-17(21-4)10-15(19-12)11-18-13(2)14-6-5-7-16(9-14)20-3/h5-10,13,18H,11H2,1-4H3/t13-/m1/s1. The van der Waals surface area contributed by atoms with Gasteiger partial charge in [-0.05, 0) is 31.5 Å². The van der Waals surface area contributed by atoms with E-state index in [0.717, 1.165) is 22.9 Å². The Morgan fingerprint density at radius 1 is 1.10 bits per heavy atom. The molecule has 1 aromatic carbocycles. The number of nitrogens with one attached hydrogen (secondary N) is 1. The summed E-state index contributed by atoms with van der Waals surface area (Å²) in [6, 6.07) is 12.2. The van der Waals surface area contributed by atoms with Crippen LogP contribution in [0.3, 0.4) is 0 Å². The van der Waals surface area contributed by atoms with Gasteiger partial charge in [-0.15, -0.1) is 0 Å². The normalized spacial score (nSPS) is 12.0. The van der Waals surface area contributed by atoms with E-state index in [0.29, 0.717) is 6.54 Å². The van der Waals surface area contributed by atoms with Crippen LogP contribution in [-0.4, -0.2) is 19.2 Å². The van der Waals surface area contributed by atoms with Crippen molar-refractivity contribution in [2.24, 2.45) is 0 Å². The highest BCUT2D eigenvalue weighted by Crippen LogP contribution is 2.19. The van der Waals surface area contributed by atoms with Crippen LogP contribution in [0.15, 0.2) is 36.4 Å². The van der Waals surface area contributed by atoms with Crippen LogP contribution < -0.4 is 14.8 Å². The number of methoxy groups -OCH3 is 2. The number of rotatable bonds is 6. The van der Waals surface area contributed by atoms with Crippen molar-refractivity contribution in [2.75, 3.05) is 14.2 Å². The van der Waals surface area contributed by atoms with Crippen molar-refractivity contribution in [1.82, 2.24) is 10.3 Å². The van der Waals surface area contributed by atoms with Gasteiger partial charge in [0, 0.05) is 30.4 Å². The maximum absolute atomic E-state index is 5.27. The number of aryl methyl sites for hydroxylation is 1. The number of nitrogens with zero attached hydrogens (tertiary/aromatic N) is 1. The fraction of sp³-hybridized carbons (Fsp3) is 0.353. The third kappa shape index (κ3) is 4.20. The predicted octanol–water partition coefficient (Wildman–Crippen LogP) is 3.26. The summed E-state index contributed by atoms with van der Waals surface area (Å²) >= 11 is 0. The summed E-state index contributed by atoms with van der Waals surface area (Å²) in [6.07, 6.45) is 0. The van der Waals surface area contributed by atoms with Crippen LogP contribution in [0.5, 0.6) is 11.5 Å². The van der Waals surface area contributed by atoms with Crippen molar-refractivity contribution in [3.63, 3.8) is 0 Å². The summed E-state index contributed by atoms with van der Waals surface area (Å²) in [5.74, 6) is 1.71. The lowest BCUT2D eigenvalue weighted by Gasteiger charge is -2.15. The molecule has 2 aromatic rings. The largest absolute Gasteiger partial charge is 0.497 e. The second-order valence-electron chi connectivity index (χ2n) is 5.02. The zero-order chi connectivity index (χ0) is 15.2. The maximum atomic E-state index is 5.27. The molecule has 1 heterocycles. The number of ether oxygens (including phenoxy) is 2. The third-order valence-electron chi connectivity index (χ3n) is 3.40. The van der Waals surface area contributed by atoms with Crippen LogP contribution in [-0.2, 0) is 6.54 Å². The first-order chi connectivity index (χ1) is 10.1. The lowest BCUT2D eigenvalue weighted by atomic mass is 10.1. The second-order valence-corrected chi connectivity index (χ2v) is 5.02. The molecule has 2 rings (SSSR count). The second kappa shape index (κ2) is 7.09. The van der Waals surface area contributed by atoms with E-state index in [9.17, 15) is 0 Å². The van der Waals surface area contributed by atoms with E-state index < -0.39 is 0 Å². The highest BCUT2D eigenvalue weighted by atomic mass is 16.5. The van der Waals surface area contributed by atoms with Crippen molar-refractivity contribution in [1.29, 1.82) is 0 Å². The van der Waals surface area contributed by atoms with E-state index in [2.05, 4.69) is 23.3 Å². The molecule has 0 aliphatic rings. The molecule has 1 atom stereocenters. The summed E-state index contributed by atoms with van der Waals surface area (Å²) in [6.45, 7) is 4.79. The topological polar surface area (TPSA) is 43.4 Å². The maximum Gasteiger partial charge on any atom is 0.122 e. The number of benzene rings is 1. The van der Waals surface area contributed by atoms with Gasteiger partial charge < -0.3 is 14.8 Å². The van der Waals surface area contributed by atoms with E-state index >= 15 is 0 Å². The van der Waals surface area contributed by atoms with Gasteiger partial charge in [-0.3, -0.25) is 4.98 Å². The Labute approximate surface area is 126 Å². The van der Waals surface area contributed by atoms with E-state index in [1.54, 1.807) is 14.2 Å². The monoisotopic (exact) mass is 286 g/mol. The molecule has 0 bridgehead atoms. The number of aromatic nitrogens is 1. The molecule has 1 N–H and O–H groups in total. The van der Waals surface area contributed by atoms with Crippen LogP contribution in [0.25, 0.3) is 0 Å². The Balaban J connectivity index is 2.03. The van der Waals surface area contributed by atoms with Crippen LogP contribution >= 0.6 is 0 Å². The fourth-order valence-electron chi connectivity index (χ4n) is 2.20. The minimum atomic E-state index is 0.216. The van der Waals surface area contributed by atoms with Crippen molar-refractivity contribution in [3.8, 4) is 11.5 Å². The van der Waals surface area contributed by atoms with E-state index in [-0.39, 0.29) is 6.04 Å². The SMILES string of the molecule is COc1cccc([C@@H](C)NCc2cc(OC)cc(C)n2)c1. The molecule has 0 saturated carbocycles. The molecule has 112 valence electrons. The van der Waals surface area contributed by atoms with Gasteiger partial charge in [-0.1, -0.05) is 12.1 Å². The van der Waals surface area contributed by atoms with Gasteiger partial charge in [-0.2, -0.15) is 0 Å². The van der Waals surface area contributed by atoms with Crippen molar-refractivity contribution < 1.29 is 9.47 Å². The van der Waals surface area contributed by atoms with Crippen molar-refractivity contribution in [2.45, 2.75) is 26.4 Å². The molecule has 0 aliphatic carbocycles. The van der Waals surface area contributed by atoms with Gasteiger partial charge in [0.2, 0.25) is 0 Å². The molecular formula is C17H22N2O2. The van der Waals surface area contributed by atoms with E-state index in [1.165, 1.54) is 5.56 Å². The van der Waals surface area contributed by atoms with Gasteiger partial charge >= 0.3 is 0 Å². The van der Waals surface area contributed by atoms with Gasteiger partial charge in [0.25, 0.3) is 0 Å². The Morgan fingerprint density at radius 2 is 1.86 bits per heavy atom. The van der Waals surface area contributed by atoms with E-state index in [1.807, 2.05) is 37.3 Å². The number of hydrogen-bond donors (Lipinski definition) is 1. The molecule has 0 unspecified atom stereocenters. The quantitative estimate of drug-likeness (QED) is 0.885. The first-order valence-corrected chi connectivity index (χ1v) is 7.01. The summed E-state index contributed by atoms with van der Waals surface area (Å²) < 4.78 is 10.5. The molecule has 0 spiro atoms. The number of hydrogen-bond acceptors (Lipinski definition) is 4. The van der Waals surface area contributed by atoms with Crippen molar-refractivity contribution in [3.05, 3.63) is 53.3 Å². The summed E-state index contributed by atoms with van der Waals surface area (Å²) in [5, 5.41) is 3.47. The molecule has 0 fully saturated rings. The highest BCUT2D eigenvalue weighted by Gasteiger charge is 2.07. The zero-order valence-electron chi connectivity index (χ0n) is 13.0. The molecular weight excluding hydrogens is 264 g/mol. The lowest BCUT2D eigenvalue weighted by Crippen LogP contribution is -2.19. The molecule has 0 amide bonds. The van der Waals surface area contributed by atoms with Gasteiger partial charge in [0.15, 0.2) is 0 Å². The van der Waals surface area contributed by atoms with Gasteiger partial charge in [0.1, 0.15) is 11.5 Å². The minimum Gasteiger partial charge on any atom is -0.497 e. The average molecular weight is 286 g/mol. The minimum absolute atomic E-state index is 0.216. The smallest absolute Gasteiger partial charge is 0.122 e. The molecule has 4 heteroatoms. The van der Waals surface area contributed by atoms with Gasteiger partial charge in [0.05, 0.1) is 19.9 Å². The predicted molar refractivity (Wildman–Crippen MR) is 83.8 cm³/mol. The fourth-order valence-corrected chi connectivity index (χ4v) is 2.20. The Bertz CT molecular complexity index is 599. The van der Waals surface area contributed by atoms with Crippen LogP contribution in [0.4, 0.5) is 0 Å². The first-order valence-electron chi connectivity index (χ1n) is 7.01. The Hall–Kier alpha value is -2.07. The highest BCUT2D eigenvalue weighted by molar-refractivity contribution is 5.30. The first kappa shape index (κ1) is 15.3. The Morgan fingerprint density at radius 3 is 2.57 bits per heavy atom. The molecule has 21 heavy (non-hydrogen) atoms. The zero-order valence-corrected chi connectivity index (χ0v) is 13.0. The lowest BCUT2D eigenvalue weighted by molar-refractivity contribution is 0.412.